The van der Waals surface area contributed by atoms with Gasteiger partial charge in [0.2, 0.25) is 21.5 Å². The molecule has 9 rings (SSSR count). The number of aryl methyl sites for hydroxylation is 2. The average Bonchev–Trinajstić information content (AvgIpc) is 2.04. The molecule has 0 saturated heterocycles. The van der Waals surface area contributed by atoms with Crippen molar-refractivity contribution in [2.45, 2.75) is 191 Å². The maximum atomic E-state index is 11.4. The topological polar surface area (TPSA) is 225 Å². The summed E-state index contributed by atoms with van der Waals surface area (Å²) in [4.78, 5) is 68.1. The Morgan fingerprint density at radius 1 is 0.516 bits per heavy atom. The van der Waals surface area contributed by atoms with E-state index in [1.165, 1.54) is 33.9 Å². The number of hydrogen-bond acceptors (Lipinski definition) is 8. The Kier molecular flexibility index (Phi) is 36.1. The first-order valence-electron chi connectivity index (χ1n) is 31.2. The fraction of sp³-hybridized carbons (Fsp3) is 0.385. The van der Waals surface area contributed by atoms with Crippen LogP contribution in [0.3, 0.4) is 0 Å². The van der Waals surface area contributed by atoms with Gasteiger partial charge >= 0.3 is 5.97 Å². The number of carboxylic acid groups (broad SMARTS) is 1. The number of aromatic amines is 1. The average molecular weight is 1260 g/mol. The van der Waals surface area contributed by atoms with E-state index in [2.05, 4.69) is 124 Å². The summed E-state index contributed by atoms with van der Waals surface area (Å²) in [6, 6.07) is 39.7. The Labute approximate surface area is 545 Å². The van der Waals surface area contributed by atoms with Gasteiger partial charge in [0, 0.05) is 42.7 Å². The van der Waals surface area contributed by atoms with Crippen molar-refractivity contribution < 1.29 is 37.5 Å². The number of carbonyl (C=O) groups excluding carboxylic acids is 4. The van der Waals surface area contributed by atoms with Gasteiger partial charge in [-0.15, -0.1) is 0 Å². The van der Waals surface area contributed by atoms with E-state index in [9.17, 15) is 37.2 Å². The second-order valence-electron chi connectivity index (χ2n) is 24.9. The second-order valence-corrected chi connectivity index (χ2v) is 26.5. The first-order chi connectivity index (χ1) is 42.1. The summed E-state index contributed by atoms with van der Waals surface area (Å²) in [6.45, 7) is 35.6. The van der Waals surface area contributed by atoms with Crippen molar-refractivity contribution >= 4 is 39.2 Å². The maximum Gasteiger partial charge on any atom is 0.335 e. The molecule has 0 radical (unpaired) electrons. The van der Waals surface area contributed by atoms with Gasteiger partial charge in [-0.3, -0.25) is 24.0 Å². The molecule has 6 aromatic rings. The van der Waals surface area contributed by atoms with Gasteiger partial charge in [0.1, 0.15) is 0 Å². The van der Waals surface area contributed by atoms with Gasteiger partial charge in [0.15, 0.2) is 17.3 Å². The summed E-state index contributed by atoms with van der Waals surface area (Å²) in [5.41, 5.74) is 18.8. The summed E-state index contributed by atoms with van der Waals surface area (Å²) < 4.78 is 22.0. The molecule has 0 atom stereocenters. The number of ketones is 3. The molecule has 91 heavy (non-hydrogen) atoms. The SMILES string of the molecule is C.CC(C)C1=CC=CCC1=O.CC(C)C1=CCC(=O)C=C1.CC(C)c1cc[nH]c(=O)c1.CC(C)c1ccc2c(c1)C(=O)CC2.CC(C)c1cccc(C(=O)O)c1.CC(C)c1cccc(C(N)=O)c1.CC(C)c1cccc(S(N)(=O)=O)c1.Cc1cccc(C(C)C)c1. The third-order valence-corrected chi connectivity index (χ3v) is 15.6. The van der Waals surface area contributed by atoms with Gasteiger partial charge in [0.25, 0.3) is 0 Å². The molecule has 0 bridgehead atoms. The monoisotopic (exact) mass is 1260 g/mol. The number of pyridine rings is 1. The Hall–Kier alpha value is -8.13. The van der Waals surface area contributed by atoms with Crippen LogP contribution in [0.2, 0.25) is 0 Å². The van der Waals surface area contributed by atoms with Crippen molar-refractivity contribution in [2.24, 2.45) is 22.7 Å². The number of amides is 1. The number of benzene rings is 5. The van der Waals surface area contributed by atoms with Crippen LogP contribution >= 0.6 is 0 Å². The number of fused-ring (bicyclic) bond motifs is 1. The third kappa shape index (κ3) is 30.5. The number of nitrogens with one attached hydrogen (secondary N) is 1. The van der Waals surface area contributed by atoms with Crippen LogP contribution in [0.15, 0.2) is 191 Å². The smallest absolute Gasteiger partial charge is 0.335 e. The summed E-state index contributed by atoms with van der Waals surface area (Å²) >= 11 is 0. The molecule has 0 unspecified atom stereocenters. The van der Waals surface area contributed by atoms with E-state index in [-0.39, 0.29) is 35.4 Å². The minimum atomic E-state index is -3.56. The van der Waals surface area contributed by atoms with E-state index < -0.39 is 16.0 Å². The Morgan fingerprint density at radius 3 is 1.42 bits per heavy atom. The normalized spacial score (nSPS) is 12.8. The van der Waals surface area contributed by atoms with E-state index in [0.29, 0.717) is 83.5 Å². The number of rotatable bonds is 11. The number of primary sulfonamides is 1. The number of aromatic nitrogens is 1. The van der Waals surface area contributed by atoms with Gasteiger partial charge in [-0.05, 0) is 165 Å². The summed E-state index contributed by atoms with van der Waals surface area (Å²) in [5.74, 6) is 3.22. The van der Waals surface area contributed by atoms with Gasteiger partial charge in [0.05, 0.1) is 10.5 Å². The lowest BCUT2D eigenvalue weighted by molar-refractivity contribution is -0.115. The molecule has 12 nitrogen and oxygen atoms in total. The van der Waals surface area contributed by atoms with Crippen molar-refractivity contribution in [1.82, 2.24) is 4.98 Å². The van der Waals surface area contributed by atoms with Crippen LogP contribution in [0.5, 0.6) is 0 Å². The molecule has 0 spiro atoms. The van der Waals surface area contributed by atoms with Crippen LogP contribution in [0.25, 0.3) is 0 Å². The van der Waals surface area contributed by atoms with Crippen molar-refractivity contribution in [3.05, 3.63) is 253 Å². The van der Waals surface area contributed by atoms with Crippen molar-refractivity contribution in [3.63, 3.8) is 0 Å². The molecular weight excluding hydrogens is 1150 g/mol. The molecule has 1 aromatic heterocycles. The molecule has 0 fully saturated rings. The number of sulfonamides is 1. The molecule has 0 aliphatic heterocycles. The number of aromatic carboxylic acids is 1. The fourth-order valence-corrected chi connectivity index (χ4v) is 9.41. The van der Waals surface area contributed by atoms with Crippen molar-refractivity contribution in [3.8, 4) is 0 Å². The number of Topliss-reactive ketones (excluding diaryl/α,β-unsaturated/α-hetero) is 2. The zero-order valence-corrected chi connectivity index (χ0v) is 57.2. The summed E-state index contributed by atoms with van der Waals surface area (Å²) in [5, 5.41) is 13.7. The highest BCUT2D eigenvalue weighted by atomic mass is 32.2. The van der Waals surface area contributed by atoms with Crippen molar-refractivity contribution in [2.75, 3.05) is 0 Å². The van der Waals surface area contributed by atoms with Crippen LogP contribution in [-0.4, -0.2) is 47.7 Å². The molecule has 0 saturated carbocycles. The van der Waals surface area contributed by atoms with E-state index >= 15 is 0 Å². The number of nitrogens with two attached hydrogens (primary N) is 2. The molecule has 5 aromatic carbocycles. The quantitative estimate of drug-likeness (QED) is 0.0966. The minimum Gasteiger partial charge on any atom is -0.478 e. The van der Waals surface area contributed by atoms with Gasteiger partial charge in [-0.25, -0.2) is 18.4 Å². The predicted octanol–water partition coefficient (Wildman–Crippen LogP) is 18.3. The minimum absolute atomic E-state index is 0. The Balaban J connectivity index is 0.000000520. The molecule has 1 heterocycles. The van der Waals surface area contributed by atoms with Crippen LogP contribution < -0.4 is 16.4 Å². The standard InChI is InChI=1S/C12H14O.C10H13NO.C10H12O2.C10H14.C9H13NO2S.2C9H12O.C8H11NO.CH4/c1-8(2)10-4-3-9-5-6-12(13)11(9)7-10;2*1-7(2)8-4-3-5-9(6-8)10(11)12;1-8(2)10-6-4-5-9(3)7-10;1-7(2)8-4-3-5-9(6-8)13(10,11)12;1-7(2)8-3-5-9(10)6-4-8;1-7(2)8-5-3-4-6-9(8)10;1-6(2)7-3-4-9-8(10)5-7;/h3-4,7-8H,5-6H2,1-2H3;3-7H,1-2H3,(H2,11,12);3-7H,1-2H3,(H,11,12);4-8H,1-3H3;3-7H,1-2H3,(H2,10,11,12);2*3-5,7H,6H2,1-2H3;3-6H,1-2H3,(H,9,10);1H4. The van der Waals surface area contributed by atoms with Gasteiger partial charge in [-0.2, -0.15) is 0 Å². The number of H-pyrrole nitrogens is 1. The first-order valence-corrected chi connectivity index (χ1v) is 32.8. The second kappa shape index (κ2) is 40.6. The summed E-state index contributed by atoms with van der Waals surface area (Å²) in [7, 11) is -3.56. The predicted molar refractivity (Wildman–Crippen MR) is 378 cm³/mol. The Bertz CT molecular complexity index is 3550. The summed E-state index contributed by atoms with van der Waals surface area (Å²) in [6.07, 6.45) is 15.8. The number of primary amides is 1. The zero-order valence-electron chi connectivity index (χ0n) is 56.4. The highest BCUT2D eigenvalue weighted by Crippen LogP contribution is 2.26. The molecule has 1 amide bonds. The highest BCUT2D eigenvalue weighted by Gasteiger charge is 2.20. The largest absolute Gasteiger partial charge is 0.478 e. The highest BCUT2D eigenvalue weighted by molar-refractivity contribution is 7.89. The van der Waals surface area contributed by atoms with E-state index in [1.54, 1.807) is 54.7 Å². The van der Waals surface area contributed by atoms with E-state index in [0.717, 1.165) is 39.8 Å². The van der Waals surface area contributed by atoms with Crippen LogP contribution in [0, 0.1) is 18.8 Å². The van der Waals surface area contributed by atoms with Crippen LogP contribution in [0.4, 0.5) is 0 Å². The van der Waals surface area contributed by atoms with E-state index in [1.807, 2.05) is 108 Å². The number of carboxylic acids is 1. The zero-order chi connectivity index (χ0) is 68.0. The number of allylic oxidation sites excluding steroid dienone is 8. The maximum absolute atomic E-state index is 11.4. The fourth-order valence-electron chi connectivity index (χ4n) is 8.84. The lowest BCUT2D eigenvalue weighted by atomic mass is 9.94. The first kappa shape index (κ1) is 80.9. The van der Waals surface area contributed by atoms with Crippen molar-refractivity contribution in [1.29, 1.82) is 0 Å². The molecule has 3 aliphatic carbocycles. The van der Waals surface area contributed by atoms with E-state index in [4.69, 9.17) is 16.0 Å². The van der Waals surface area contributed by atoms with Crippen LogP contribution in [0.1, 0.15) is 249 Å². The molecular formula is C78H105N3O9S. The third-order valence-electron chi connectivity index (χ3n) is 14.7. The molecule has 13 heteroatoms. The van der Waals surface area contributed by atoms with Gasteiger partial charge < -0.3 is 15.8 Å². The molecule has 3 aliphatic rings. The van der Waals surface area contributed by atoms with Gasteiger partial charge in [-0.1, -0.05) is 227 Å². The molecule has 492 valence electrons. The number of carbonyl (C=O) groups is 5. The molecule has 6 N–H and O–H groups in total. The Morgan fingerprint density at radius 2 is 1.00 bits per heavy atom. The lowest BCUT2D eigenvalue weighted by Gasteiger charge is -2.10. The number of hydrogen-bond donors (Lipinski definition) is 4. The van der Waals surface area contributed by atoms with Crippen LogP contribution in [-0.2, 0) is 26.0 Å². The lowest BCUT2D eigenvalue weighted by Crippen LogP contribution is -2.12.